The molecule has 34 heavy (non-hydrogen) atoms. The van der Waals surface area contributed by atoms with E-state index in [0.717, 1.165) is 19.3 Å². The summed E-state index contributed by atoms with van der Waals surface area (Å²) in [7, 11) is 0. The first-order chi connectivity index (χ1) is 16.7. The van der Waals surface area contributed by atoms with Crippen LogP contribution in [-0.2, 0) is 4.74 Å². The number of fused-ring (bicyclic) bond motifs is 1. The molecule has 2 nitrogen and oxygen atoms in total. The Morgan fingerprint density at radius 2 is 1.44 bits per heavy atom. The molecule has 0 saturated heterocycles. The standard InChI is InChI=1S/C32H32O2/c1-2-19-18-20-10-9-15-31(33)27(20)28(19)32(16-7-8-17-34-32)30-26-23-13-5-3-11-21(23)25(29(30)31)22-12-4-6-14-24(22)26/h2-14,19-20,25-30,33H,1,15-18H2/t19-,20+,25?,26?,27+,28-,29+,30-,31-,32+/m1/s1. The quantitative estimate of drug-likeness (QED) is 0.544. The van der Waals surface area contributed by atoms with Gasteiger partial charge in [0.05, 0.1) is 17.8 Å². The van der Waals surface area contributed by atoms with Crippen LogP contribution < -0.4 is 0 Å². The molecule has 0 unspecified atom stereocenters. The summed E-state index contributed by atoms with van der Waals surface area (Å²) in [5.74, 6) is 2.20. The highest BCUT2D eigenvalue weighted by molar-refractivity contribution is 5.59. The zero-order valence-electron chi connectivity index (χ0n) is 19.5. The molecule has 0 aromatic heterocycles. The number of hydrogen-bond acceptors (Lipinski definition) is 2. The fourth-order valence-electron chi connectivity index (χ4n) is 10.0. The van der Waals surface area contributed by atoms with Crippen molar-refractivity contribution in [2.45, 2.75) is 42.3 Å². The first-order valence-electron chi connectivity index (χ1n) is 13.2. The van der Waals surface area contributed by atoms with Crippen molar-refractivity contribution in [3.05, 3.63) is 108 Å². The number of hydrogen-bond donors (Lipinski definition) is 1. The van der Waals surface area contributed by atoms with Crippen LogP contribution in [-0.4, -0.2) is 22.9 Å². The summed E-state index contributed by atoms with van der Waals surface area (Å²) < 4.78 is 7.05. The van der Waals surface area contributed by atoms with Crippen molar-refractivity contribution in [3.63, 3.8) is 0 Å². The van der Waals surface area contributed by atoms with Gasteiger partial charge in [0, 0.05) is 35.5 Å². The van der Waals surface area contributed by atoms with Crippen LogP contribution in [0.2, 0.25) is 0 Å². The van der Waals surface area contributed by atoms with Crippen LogP contribution in [0.5, 0.6) is 0 Å². The monoisotopic (exact) mass is 448 g/mol. The van der Waals surface area contributed by atoms with Gasteiger partial charge < -0.3 is 9.84 Å². The van der Waals surface area contributed by atoms with Gasteiger partial charge in [0.2, 0.25) is 0 Å². The van der Waals surface area contributed by atoms with Gasteiger partial charge in [0.1, 0.15) is 0 Å². The maximum atomic E-state index is 12.9. The minimum Gasteiger partial charge on any atom is -0.389 e. The number of allylic oxidation sites excluding steroid dienone is 2. The Morgan fingerprint density at radius 3 is 2.03 bits per heavy atom. The number of aliphatic hydroxyl groups is 1. The van der Waals surface area contributed by atoms with Crippen LogP contribution in [0.25, 0.3) is 0 Å². The molecule has 1 aliphatic heterocycles. The van der Waals surface area contributed by atoms with Crippen molar-refractivity contribution >= 4 is 0 Å². The lowest BCUT2D eigenvalue weighted by molar-refractivity contribution is -0.259. The number of ether oxygens (including phenoxy) is 1. The summed E-state index contributed by atoms with van der Waals surface area (Å²) in [6.07, 6.45) is 14.2. The molecule has 2 heteroatoms. The third-order valence-electron chi connectivity index (χ3n) is 10.8. The van der Waals surface area contributed by atoms with Gasteiger partial charge in [-0.05, 0) is 53.4 Å². The van der Waals surface area contributed by atoms with Gasteiger partial charge >= 0.3 is 0 Å². The van der Waals surface area contributed by atoms with Crippen LogP contribution in [0.4, 0.5) is 0 Å². The normalized spacial score (nSPS) is 46.5. The van der Waals surface area contributed by atoms with E-state index in [1.165, 1.54) is 22.3 Å². The van der Waals surface area contributed by atoms with E-state index in [1.54, 1.807) is 0 Å². The van der Waals surface area contributed by atoms with E-state index in [9.17, 15) is 5.11 Å². The predicted molar refractivity (Wildman–Crippen MR) is 133 cm³/mol. The summed E-state index contributed by atoms with van der Waals surface area (Å²) in [4.78, 5) is 0. The molecule has 2 aromatic rings. The Bertz CT molecular complexity index is 1210. The molecule has 1 spiro atoms. The lowest BCUT2D eigenvalue weighted by Gasteiger charge is -2.69. The summed E-state index contributed by atoms with van der Waals surface area (Å²) in [6.45, 7) is 4.97. The number of rotatable bonds is 1. The summed E-state index contributed by atoms with van der Waals surface area (Å²) in [6, 6.07) is 18.2. The van der Waals surface area contributed by atoms with Gasteiger partial charge in [-0.25, -0.2) is 0 Å². The third kappa shape index (κ3) is 2.13. The highest BCUT2D eigenvalue weighted by Gasteiger charge is 2.74. The van der Waals surface area contributed by atoms with Gasteiger partial charge in [0.15, 0.2) is 0 Å². The lowest BCUT2D eigenvalue weighted by Crippen LogP contribution is -2.72. The highest BCUT2D eigenvalue weighted by Crippen LogP contribution is 2.74. The van der Waals surface area contributed by atoms with Gasteiger partial charge in [-0.1, -0.05) is 78.9 Å². The van der Waals surface area contributed by atoms with Gasteiger partial charge in [-0.15, -0.1) is 6.58 Å². The van der Waals surface area contributed by atoms with Crippen LogP contribution in [0.3, 0.4) is 0 Å². The summed E-state index contributed by atoms with van der Waals surface area (Å²) in [5.41, 5.74) is 4.81. The molecular formula is C32H32O2. The smallest absolute Gasteiger partial charge is 0.0799 e. The molecule has 9 rings (SSSR count). The Labute approximate surface area is 202 Å². The molecular weight excluding hydrogens is 416 g/mol. The van der Waals surface area contributed by atoms with Crippen molar-refractivity contribution in [1.29, 1.82) is 0 Å². The molecule has 6 aliphatic carbocycles. The predicted octanol–water partition coefficient (Wildman–Crippen LogP) is 5.98. The number of benzene rings is 2. The average molecular weight is 449 g/mol. The molecule has 0 amide bonds. The van der Waals surface area contributed by atoms with E-state index in [1.807, 2.05) is 0 Å². The van der Waals surface area contributed by atoms with Gasteiger partial charge in [-0.2, -0.15) is 0 Å². The Balaban J connectivity index is 1.47. The maximum Gasteiger partial charge on any atom is 0.0799 e. The van der Waals surface area contributed by atoms with Crippen molar-refractivity contribution in [2.24, 2.45) is 35.5 Å². The first kappa shape index (κ1) is 19.8. The second-order valence-electron chi connectivity index (χ2n) is 11.7. The Hall–Kier alpha value is -2.42. The van der Waals surface area contributed by atoms with E-state index in [4.69, 9.17) is 4.74 Å². The lowest BCUT2D eigenvalue weighted by atomic mass is 9.38. The molecule has 7 aliphatic rings. The zero-order valence-corrected chi connectivity index (χ0v) is 19.5. The SMILES string of the molecule is C=C[C@@H]1C[C@@H]2C=CC[C@@]3(O)[C@@H]2[C@@H]1[C@@]1(CC=CCO1)[C@@H]1C2c4ccccc4C(c4ccccc42)[C@@H]13. The van der Waals surface area contributed by atoms with Crippen molar-refractivity contribution in [1.82, 2.24) is 0 Å². The van der Waals surface area contributed by atoms with Crippen LogP contribution in [0.1, 0.15) is 53.4 Å². The molecule has 1 N–H and O–H groups in total. The van der Waals surface area contributed by atoms with E-state index in [2.05, 4.69) is 85.5 Å². The van der Waals surface area contributed by atoms with Crippen LogP contribution in [0.15, 0.2) is 85.5 Å². The van der Waals surface area contributed by atoms with Crippen molar-refractivity contribution in [3.8, 4) is 0 Å². The Morgan fingerprint density at radius 1 is 0.794 bits per heavy atom. The van der Waals surface area contributed by atoms with Gasteiger partial charge in [0.25, 0.3) is 0 Å². The summed E-state index contributed by atoms with van der Waals surface area (Å²) >= 11 is 0. The van der Waals surface area contributed by atoms with Crippen molar-refractivity contribution < 1.29 is 9.84 Å². The fraction of sp³-hybridized carbons (Fsp3) is 0.438. The summed E-state index contributed by atoms with van der Waals surface area (Å²) in [5, 5.41) is 12.9. The highest BCUT2D eigenvalue weighted by atomic mass is 16.5. The minimum atomic E-state index is -0.716. The molecule has 2 fully saturated rings. The maximum absolute atomic E-state index is 12.9. The Kier molecular flexibility index (Phi) is 3.86. The van der Waals surface area contributed by atoms with Crippen molar-refractivity contribution in [2.75, 3.05) is 6.61 Å². The average Bonchev–Trinajstić information content (AvgIpc) is 3.29. The molecule has 2 bridgehead atoms. The van der Waals surface area contributed by atoms with E-state index < -0.39 is 5.60 Å². The van der Waals surface area contributed by atoms with Crippen LogP contribution >= 0.6 is 0 Å². The first-order valence-corrected chi connectivity index (χ1v) is 13.2. The second-order valence-corrected chi connectivity index (χ2v) is 11.7. The largest absolute Gasteiger partial charge is 0.389 e. The van der Waals surface area contributed by atoms with Crippen LogP contribution in [0, 0.1) is 35.5 Å². The molecule has 0 radical (unpaired) electrons. The molecule has 2 aromatic carbocycles. The fourth-order valence-corrected chi connectivity index (χ4v) is 10.0. The van der Waals surface area contributed by atoms with Gasteiger partial charge in [-0.3, -0.25) is 0 Å². The zero-order chi connectivity index (χ0) is 22.7. The topological polar surface area (TPSA) is 29.5 Å². The molecule has 1 heterocycles. The molecule has 2 saturated carbocycles. The minimum absolute atomic E-state index is 0.158. The van der Waals surface area contributed by atoms with E-state index in [-0.39, 0.29) is 35.2 Å². The van der Waals surface area contributed by atoms with E-state index >= 15 is 0 Å². The molecule has 172 valence electrons. The van der Waals surface area contributed by atoms with E-state index in [0.29, 0.717) is 24.4 Å². The second kappa shape index (κ2) is 6.62. The molecule has 8 atom stereocenters. The third-order valence-corrected chi connectivity index (χ3v) is 10.8.